The van der Waals surface area contributed by atoms with E-state index in [0.29, 0.717) is 5.56 Å². The van der Waals surface area contributed by atoms with Crippen LogP contribution in [0.1, 0.15) is 5.56 Å². The highest BCUT2D eigenvalue weighted by Gasteiger charge is 2.31. The highest BCUT2D eigenvalue weighted by molar-refractivity contribution is 9.10. The highest BCUT2D eigenvalue weighted by atomic mass is 79.9. The van der Waals surface area contributed by atoms with Crippen molar-refractivity contribution in [1.82, 2.24) is 10.3 Å². The van der Waals surface area contributed by atoms with Gasteiger partial charge >= 0.3 is 0 Å². The van der Waals surface area contributed by atoms with Gasteiger partial charge in [-0.2, -0.15) is 0 Å². The van der Waals surface area contributed by atoms with Crippen molar-refractivity contribution in [3.8, 4) is 0 Å². The third-order valence-corrected chi connectivity index (χ3v) is 3.64. The summed E-state index contributed by atoms with van der Waals surface area (Å²) < 4.78 is 0.886. The van der Waals surface area contributed by atoms with Gasteiger partial charge in [-0.15, -0.1) is 0 Å². The maximum atomic E-state index is 11.7. The number of carbonyl (C=O) groups is 2. The summed E-state index contributed by atoms with van der Waals surface area (Å²) in [5.41, 5.74) is 1.71. The third kappa shape index (κ3) is 1.59. The van der Waals surface area contributed by atoms with Crippen LogP contribution in [-0.4, -0.2) is 16.8 Å². The Labute approximate surface area is 115 Å². The lowest BCUT2D eigenvalue weighted by molar-refractivity contribution is -0.123. The molecule has 1 aromatic heterocycles. The fourth-order valence-corrected chi connectivity index (χ4v) is 2.57. The van der Waals surface area contributed by atoms with E-state index in [1.54, 1.807) is 6.20 Å². The minimum absolute atomic E-state index is 0.0686. The molecule has 4 nitrogen and oxygen atoms in total. The second-order valence-corrected chi connectivity index (χ2v) is 5.16. The summed E-state index contributed by atoms with van der Waals surface area (Å²) in [6.45, 7) is 0. The zero-order valence-corrected chi connectivity index (χ0v) is 11.2. The molecule has 0 unspecified atom stereocenters. The van der Waals surface area contributed by atoms with Crippen LogP contribution >= 0.6 is 27.5 Å². The number of amides is 2. The van der Waals surface area contributed by atoms with E-state index in [4.69, 9.17) is 11.6 Å². The van der Waals surface area contributed by atoms with Gasteiger partial charge in [-0.1, -0.05) is 27.5 Å². The summed E-state index contributed by atoms with van der Waals surface area (Å²) in [7, 11) is 0. The van der Waals surface area contributed by atoms with Gasteiger partial charge in [0, 0.05) is 27.1 Å². The van der Waals surface area contributed by atoms with Crippen molar-refractivity contribution in [2.75, 3.05) is 0 Å². The Bertz CT molecular complexity index is 733. The lowest BCUT2D eigenvalue weighted by atomic mass is 10.1. The Balaban J connectivity index is 2.30. The number of imide groups is 1. The Morgan fingerprint density at radius 1 is 1.17 bits per heavy atom. The van der Waals surface area contributed by atoms with E-state index in [0.717, 1.165) is 15.4 Å². The second-order valence-electron chi connectivity index (χ2n) is 3.86. The van der Waals surface area contributed by atoms with Gasteiger partial charge in [0.05, 0.1) is 5.57 Å². The molecule has 6 heteroatoms. The zero-order chi connectivity index (χ0) is 12.9. The number of aromatic amines is 1. The number of halogens is 2. The van der Waals surface area contributed by atoms with Crippen LogP contribution in [0.2, 0.25) is 0 Å². The molecule has 1 aliphatic heterocycles. The number of hydrogen-bond donors (Lipinski definition) is 2. The van der Waals surface area contributed by atoms with Crippen LogP contribution in [0.5, 0.6) is 0 Å². The predicted octanol–water partition coefficient (Wildman–Crippen LogP) is 2.54. The molecule has 0 saturated heterocycles. The molecule has 0 atom stereocenters. The number of fused-ring (bicyclic) bond motifs is 1. The SMILES string of the molecule is O=C1NC(=O)C(c2c[nH]c3ccc(Br)cc23)=C1Cl. The van der Waals surface area contributed by atoms with Gasteiger partial charge in [-0.05, 0) is 18.2 Å². The van der Waals surface area contributed by atoms with Crippen LogP contribution in [0, 0.1) is 0 Å². The summed E-state index contributed by atoms with van der Waals surface area (Å²) in [6, 6.07) is 5.64. The number of carbonyl (C=O) groups excluding carboxylic acids is 2. The molecule has 2 aromatic rings. The quantitative estimate of drug-likeness (QED) is 0.792. The molecule has 0 bridgehead atoms. The lowest BCUT2D eigenvalue weighted by Gasteiger charge is -1.99. The maximum Gasteiger partial charge on any atom is 0.270 e. The number of nitrogens with one attached hydrogen (secondary N) is 2. The normalized spacial score (nSPS) is 15.7. The smallest absolute Gasteiger partial charge is 0.270 e. The summed E-state index contributed by atoms with van der Waals surface area (Å²) in [4.78, 5) is 26.1. The van der Waals surface area contributed by atoms with E-state index in [1.165, 1.54) is 0 Å². The van der Waals surface area contributed by atoms with E-state index in [9.17, 15) is 9.59 Å². The molecular formula is C12H6BrClN2O2. The van der Waals surface area contributed by atoms with Crippen LogP contribution in [0.15, 0.2) is 33.9 Å². The van der Waals surface area contributed by atoms with Crippen LogP contribution in [0.3, 0.4) is 0 Å². The topological polar surface area (TPSA) is 62.0 Å². The first-order valence-electron chi connectivity index (χ1n) is 5.10. The minimum atomic E-state index is -0.555. The molecule has 18 heavy (non-hydrogen) atoms. The van der Waals surface area contributed by atoms with Gasteiger partial charge < -0.3 is 4.98 Å². The predicted molar refractivity (Wildman–Crippen MR) is 71.9 cm³/mol. The largest absolute Gasteiger partial charge is 0.361 e. The van der Waals surface area contributed by atoms with Crippen molar-refractivity contribution >= 4 is 55.8 Å². The zero-order valence-electron chi connectivity index (χ0n) is 8.88. The van der Waals surface area contributed by atoms with Crippen molar-refractivity contribution in [3.05, 3.63) is 39.5 Å². The monoisotopic (exact) mass is 324 g/mol. The van der Waals surface area contributed by atoms with Gasteiger partial charge in [0.25, 0.3) is 11.8 Å². The summed E-state index contributed by atoms with van der Waals surface area (Å²) in [6.07, 6.45) is 1.67. The molecule has 2 heterocycles. The van der Waals surface area contributed by atoms with Crippen molar-refractivity contribution in [1.29, 1.82) is 0 Å². The molecule has 3 rings (SSSR count). The summed E-state index contributed by atoms with van der Waals surface area (Å²) in [5.74, 6) is -1.02. The fraction of sp³-hybridized carbons (Fsp3) is 0. The molecule has 0 aliphatic carbocycles. The lowest BCUT2D eigenvalue weighted by Crippen LogP contribution is -2.22. The number of rotatable bonds is 1. The second kappa shape index (κ2) is 3.96. The number of hydrogen-bond acceptors (Lipinski definition) is 2. The summed E-state index contributed by atoms with van der Waals surface area (Å²) >= 11 is 9.25. The van der Waals surface area contributed by atoms with Gasteiger partial charge in [-0.25, -0.2) is 0 Å². The average Bonchev–Trinajstić information content (AvgIpc) is 2.82. The van der Waals surface area contributed by atoms with Crippen molar-refractivity contribution < 1.29 is 9.59 Å². The summed E-state index contributed by atoms with van der Waals surface area (Å²) in [5, 5.41) is 2.94. The Hall–Kier alpha value is -1.59. The molecule has 0 saturated carbocycles. The maximum absolute atomic E-state index is 11.7. The van der Waals surface area contributed by atoms with E-state index in [2.05, 4.69) is 26.2 Å². The van der Waals surface area contributed by atoms with Crippen molar-refractivity contribution in [2.24, 2.45) is 0 Å². The van der Waals surface area contributed by atoms with Crippen molar-refractivity contribution in [2.45, 2.75) is 0 Å². The van der Waals surface area contributed by atoms with Gasteiger partial charge in [0.15, 0.2) is 0 Å². The van der Waals surface area contributed by atoms with E-state index < -0.39 is 11.8 Å². The number of benzene rings is 1. The van der Waals surface area contributed by atoms with Gasteiger partial charge in [-0.3, -0.25) is 14.9 Å². The molecule has 2 amide bonds. The average molecular weight is 326 g/mol. The molecule has 1 aromatic carbocycles. The van der Waals surface area contributed by atoms with E-state index in [-0.39, 0.29) is 10.6 Å². The first kappa shape index (κ1) is 11.5. The first-order valence-corrected chi connectivity index (χ1v) is 6.27. The fourth-order valence-electron chi connectivity index (χ4n) is 1.97. The minimum Gasteiger partial charge on any atom is -0.361 e. The Morgan fingerprint density at radius 3 is 2.61 bits per heavy atom. The van der Waals surface area contributed by atoms with Crippen LogP contribution in [0.25, 0.3) is 16.5 Å². The third-order valence-electron chi connectivity index (χ3n) is 2.79. The first-order chi connectivity index (χ1) is 8.58. The van der Waals surface area contributed by atoms with Gasteiger partial charge in [0.1, 0.15) is 5.03 Å². The Kier molecular flexibility index (Phi) is 2.53. The van der Waals surface area contributed by atoms with Gasteiger partial charge in [0.2, 0.25) is 0 Å². The molecule has 90 valence electrons. The molecule has 0 radical (unpaired) electrons. The number of aromatic nitrogens is 1. The standard InChI is InChI=1S/C12H6BrClN2O2/c13-5-1-2-8-6(3-5)7(4-15-8)9-10(14)12(18)16-11(9)17/h1-4,15H,(H,16,17,18). The molecular weight excluding hydrogens is 320 g/mol. The van der Waals surface area contributed by atoms with Crippen LogP contribution in [-0.2, 0) is 9.59 Å². The number of H-pyrrole nitrogens is 1. The van der Waals surface area contributed by atoms with Crippen LogP contribution < -0.4 is 5.32 Å². The molecule has 1 aliphatic rings. The highest BCUT2D eigenvalue weighted by Crippen LogP contribution is 2.32. The molecule has 2 N–H and O–H groups in total. The van der Waals surface area contributed by atoms with E-state index >= 15 is 0 Å². The van der Waals surface area contributed by atoms with E-state index in [1.807, 2.05) is 18.2 Å². The molecule has 0 spiro atoms. The van der Waals surface area contributed by atoms with Crippen LogP contribution in [0.4, 0.5) is 0 Å². The van der Waals surface area contributed by atoms with Crippen molar-refractivity contribution in [3.63, 3.8) is 0 Å². The Morgan fingerprint density at radius 2 is 1.94 bits per heavy atom. The molecule has 0 fully saturated rings.